The molecule has 0 bridgehead atoms. The van der Waals surface area contributed by atoms with E-state index in [0.29, 0.717) is 17.2 Å². The Morgan fingerprint density at radius 1 is 1.07 bits per heavy atom. The van der Waals surface area contributed by atoms with Crippen LogP contribution in [0.1, 0.15) is 32.1 Å². The summed E-state index contributed by atoms with van der Waals surface area (Å²) in [5.74, 6) is 1.13. The zero-order valence-corrected chi connectivity index (χ0v) is 17.1. The second-order valence-electron chi connectivity index (χ2n) is 7.52. The molecule has 1 fully saturated rings. The third-order valence-corrected chi connectivity index (χ3v) is 5.46. The third-order valence-electron chi connectivity index (χ3n) is 5.46. The molecule has 7 nitrogen and oxygen atoms in total. The highest BCUT2D eigenvalue weighted by molar-refractivity contribution is 5.98. The highest BCUT2D eigenvalue weighted by atomic mass is 16.5. The number of para-hydroxylation sites is 1. The van der Waals surface area contributed by atoms with E-state index in [9.17, 15) is 4.79 Å². The number of carbonyl (C=O) groups is 1. The Labute approximate surface area is 176 Å². The maximum absolute atomic E-state index is 12.7. The van der Waals surface area contributed by atoms with Crippen molar-refractivity contribution in [3.8, 4) is 22.7 Å². The van der Waals surface area contributed by atoms with Crippen LogP contribution in [0.2, 0.25) is 0 Å². The largest absolute Gasteiger partial charge is 0.497 e. The highest BCUT2D eigenvalue weighted by Gasteiger charge is 2.22. The Morgan fingerprint density at radius 2 is 1.77 bits per heavy atom. The number of methoxy groups -OCH3 is 1. The lowest BCUT2D eigenvalue weighted by Gasteiger charge is -2.22. The minimum Gasteiger partial charge on any atom is -0.497 e. The lowest BCUT2D eigenvalue weighted by molar-refractivity contribution is 0.244. The molecule has 1 aliphatic carbocycles. The van der Waals surface area contributed by atoms with Crippen LogP contribution in [0.5, 0.6) is 5.75 Å². The van der Waals surface area contributed by atoms with E-state index in [2.05, 4.69) is 10.6 Å². The molecule has 0 radical (unpaired) electrons. The standard InChI is InChI=1S/C23H27N5O2/c1-30-19-14-12-16(13-15-19)20-21(26-23(29)25-17-8-4-2-5-9-17)22(24)28(27-20)18-10-6-3-7-11-18/h3,6-7,10-15,17H,2,4-5,8-9,24H2,1H3,(H2,25,26,29). The predicted molar refractivity (Wildman–Crippen MR) is 119 cm³/mol. The van der Waals surface area contributed by atoms with E-state index in [1.54, 1.807) is 11.8 Å². The fourth-order valence-corrected chi connectivity index (χ4v) is 3.85. The molecule has 2 amide bonds. The molecule has 30 heavy (non-hydrogen) atoms. The fraction of sp³-hybridized carbons (Fsp3) is 0.304. The van der Waals surface area contributed by atoms with Crippen molar-refractivity contribution in [2.45, 2.75) is 38.1 Å². The number of urea groups is 1. The Balaban J connectivity index is 1.67. The van der Waals surface area contributed by atoms with Crippen LogP contribution < -0.4 is 21.1 Å². The molecule has 4 N–H and O–H groups in total. The topological polar surface area (TPSA) is 94.2 Å². The first-order chi connectivity index (χ1) is 14.7. The van der Waals surface area contributed by atoms with Gasteiger partial charge in [0, 0.05) is 11.6 Å². The second kappa shape index (κ2) is 8.90. The van der Waals surface area contributed by atoms with Gasteiger partial charge in [-0.1, -0.05) is 37.5 Å². The second-order valence-corrected chi connectivity index (χ2v) is 7.52. The van der Waals surface area contributed by atoms with Crippen molar-refractivity contribution in [1.29, 1.82) is 0 Å². The zero-order valence-electron chi connectivity index (χ0n) is 17.1. The number of carbonyl (C=O) groups excluding carboxylic acids is 1. The number of hydrogen-bond donors (Lipinski definition) is 3. The van der Waals surface area contributed by atoms with Crippen molar-refractivity contribution in [3.63, 3.8) is 0 Å². The van der Waals surface area contributed by atoms with Gasteiger partial charge in [-0.2, -0.15) is 5.10 Å². The van der Waals surface area contributed by atoms with Crippen LogP contribution in [0, 0.1) is 0 Å². The van der Waals surface area contributed by atoms with Gasteiger partial charge >= 0.3 is 6.03 Å². The number of hydrogen-bond acceptors (Lipinski definition) is 4. The van der Waals surface area contributed by atoms with Crippen LogP contribution in [0.4, 0.5) is 16.3 Å². The average molecular weight is 406 g/mol. The molecule has 0 spiro atoms. The van der Waals surface area contributed by atoms with E-state index in [-0.39, 0.29) is 12.1 Å². The minimum atomic E-state index is -0.254. The van der Waals surface area contributed by atoms with Gasteiger partial charge in [0.25, 0.3) is 0 Å². The van der Waals surface area contributed by atoms with Crippen LogP contribution in [-0.2, 0) is 0 Å². The predicted octanol–water partition coefficient (Wildman–Crippen LogP) is 4.58. The first kappa shape index (κ1) is 19.8. The minimum absolute atomic E-state index is 0.202. The molecule has 1 aromatic heterocycles. The van der Waals surface area contributed by atoms with Crippen molar-refractivity contribution in [3.05, 3.63) is 54.6 Å². The molecule has 4 rings (SSSR count). The molecule has 1 heterocycles. The summed E-state index contributed by atoms with van der Waals surface area (Å²) in [5.41, 5.74) is 9.21. The van der Waals surface area contributed by atoms with E-state index in [4.69, 9.17) is 15.6 Å². The van der Waals surface area contributed by atoms with Gasteiger partial charge in [-0.25, -0.2) is 9.48 Å². The van der Waals surface area contributed by atoms with Crippen LogP contribution in [0.25, 0.3) is 16.9 Å². The summed E-state index contributed by atoms with van der Waals surface area (Å²) in [6.07, 6.45) is 5.56. The molecule has 7 heteroatoms. The van der Waals surface area contributed by atoms with Gasteiger partial charge in [-0.15, -0.1) is 0 Å². The first-order valence-corrected chi connectivity index (χ1v) is 10.3. The number of nitrogens with one attached hydrogen (secondary N) is 2. The molecule has 1 aliphatic rings. The van der Waals surface area contributed by atoms with Crippen molar-refractivity contribution in [2.75, 3.05) is 18.2 Å². The normalized spacial score (nSPS) is 14.3. The number of nitrogens with two attached hydrogens (primary N) is 1. The summed E-state index contributed by atoms with van der Waals surface area (Å²) >= 11 is 0. The SMILES string of the molecule is COc1ccc(-c2nn(-c3ccccc3)c(N)c2NC(=O)NC2CCCCC2)cc1. The van der Waals surface area contributed by atoms with E-state index in [0.717, 1.165) is 42.7 Å². The lowest BCUT2D eigenvalue weighted by Crippen LogP contribution is -2.39. The molecule has 1 saturated carbocycles. The van der Waals surface area contributed by atoms with Gasteiger partial charge in [0.15, 0.2) is 5.82 Å². The van der Waals surface area contributed by atoms with Gasteiger partial charge in [-0.3, -0.25) is 0 Å². The number of nitrogens with zero attached hydrogens (tertiary/aromatic N) is 2. The van der Waals surface area contributed by atoms with Gasteiger partial charge in [-0.05, 0) is 49.2 Å². The monoisotopic (exact) mass is 405 g/mol. The van der Waals surface area contributed by atoms with E-state index < -0.39 is 0 Å². The summed E-state index contributed by atoms with van der Waals surface area (Å²) in [6, 6.07) is 17.1. The molecule has 0 unspecified atom stereocenters. The molecule has 2 aromatic carbocycles. The van der Waals surface area contributed by atoms with Crippen LogP contribution in [-0.4, -0.2) is 29.0 Å². The summed E-state index contributed by atoms with van der Waals surface area (Å²) < 4.78 is 6.90. The Kier molecular flexibility index (Phi) is 5.88. The van der Waals surface area contributed by atoms with Crippen LogP contribution in [0.15, 0.2) is 54.6 Å². The Bertz CT molecular complexity index is 992. The molecule has 0 atom stereocenters. The molecule has 0 aliphatic heterocycles. The number of anilines is 2. The van der Waals surface area contributed by atoms with Crippen molar-refractivity contribution >= 4 is 17.5 Å². The lowest BCUT2D eigenvalue weighted by atomic mass is 9.96. The molecular formula is C23H27N5O2. The zero-order chi connectivity index (χ0) is 20.9. The summed E-state index contributed by atoms with van der Waals surface area (Å²) in [6.45, 7) is 0. The smallest absolute Gasteiger partial charge is 0.319 e. The van der Waals surface area contributed by atoms with E-state index in [1.807, 2.05) is 54.6 Å². The highest BCUT2D eigenvalue weighted by Crippen LogP contribution is 2.35. The summed E-state index contributed by atoms with van der Waals surface area (Å²) in [5, 5.41) is 10.7. The number of rotatable bonds is 5. The number of aromatic nitrogens is 2. The fourth-order valence-electron chi connectivity index (χ4n) is 3.85. The van der Waals surface area contributed by atoms with Gasteiger partial charge in [0.2, 0.25) is 0 Å². The van der Waals surface area contributed by atoms with Crippen molar-refractivity contribution < 1.29 is 9.53 Å². The number of amides is 2. The number of nitrogen functional groups attached to an aromatic ring is 1. The molecule has 156 valence electrons. The Hall–Kier alpha value is -3.48. The maximum atomic E-state index is 12.7. The first-order valence-electron chi connectivity index (χ1n) is 10.3. The van der Waals surface area contributed by atoms with Crippen molar-refractivity contribution in [2.24, 2.45) is 0 Å². The van der Waals surface area contributed by atoms with Crippen LogP contribution >= 0.6 is 0 Å². The van der Waals surface area contributed by atoms with Crippen molar-refractivity contribution in [1.82, 2.24) is 15.1 Å². The third kappa shape index (κ3) is 4.25. The number of benzene rings is 2. The molecule has 0 saturated heterocycles. The average Bonchev–Trinajstić information content (AvgIpc) is 3.11. The van der Waals surface area contributed by atoms with E-state index in [1.165, 1.54) is 6.42 Å². The summed E-state index contributed by atoms with van der Waals surface area (Å²) in [4.78, 5) is 12.7. The van der Waals surface area contributed by atoms with Gasteiger partial charge in [0.05, 0.1) is 12.8 Å². The van der Waals surface area contributed by atoms with Gasteiger partial charge in [0.1, 0.15) is 17.1 Å². The quantitative estimate of drug-likeness (QED) is 0.579. The molecule has 3 aromatic rings. The number of ether oxygens (including phenoxy) is 1. The van der Waals surface area contributed by atoms with Crippen LogP contribution in [0.3, 0.4) is 0 Å². The van der Waals surface area contributed by atoms with Gasteiger partial charge < -0.3 is 21.1 Å². The molecular weight excluding hydrogens is 378 g/mol. The maximum Gasteiger partial charge on any atom is 0.319 e. The summed E-state index contributed by atoms with van der Waals surface area (Å²) in [7, 11) is 1.62. The van der Waals surface area contributed by atoms with E-state index >= 15 is 0 Å². The Morgan fingerprint density at radius 3 is 2.43 bits per heavy atom.